The number of aliphatic hydroxyl groups is 1. The van der Waals surface area contributed by atoms with E-state index in [1.807, 2.05) is 30.3 Å². The number of aliphatic hydroxyl groups excluding tert-OH is 1. The molecule has 94 valence electrons. The fourth-order valence-corrected chi connectivity index (χ4v) is 1.79. The number of para-hydroxylation sites is 1. The highest BCUT2D eigenvalue weighted by Crippen LogP contribution is 2.20. The van der Waals surface area contributed by atoms with Gasteiger partial charge in [0, 0.05) is 0 Å². The molecule has 1 atom stereocenters. The van der Waals surface area contributed by atoms with Crippen LogP contribution in [0, 0.1) is 12.7 Å². The first-order chi connectivity index (χ1) is 8.66. The molecule has 0 heterocycles. The van der Waals surface area contributed by atoms with E-state index >= 15 is 0 Å². The van der Waals surface area contributed by atoms with Crippen LogP contribution in [0.2, 0.25) is 0 Å². The Bertz CT molecular complexity index is 511. The van der Waals surface area contributed by atoms with Crippen LogP contribution in [0.1, 0.15) is 17.2 Å². The zero-order valence-electron chi connectivity index (χ0n) is 10.1. The van der Waals surface area contributed by atoms with Gasteiger partial charge in [-0.05, 0) is 42.3 Å². The van der Waals surface area contributed by atoms with E-state index in [0.717, 1.165) is 5.56 Å². The van der Waals surface area contributed by atoms with Gasteiger partial charge >= 0.3 is 0 Å². The van der Waals surface area contributed by atoms with E-state index in [9.17, 15) is 9.50 Å². The topological polar surface area (TPSA) is 29.5 Å². The molecule has 0 saturated carbocycles. The molecule has 18 heavy (non-hydrogen) atoms. The molecule has 0 saturated heterocycles. The molecule has 0 amide bonds. The van der Waals surface area contributed by atoms with Crippen molar-refractivity contribution in [2.24, 2.45) is 0 Å². The maximum Gasteiger partial charge on any atom is 0.123 e. The van der Waals surface area contributed by atoms with Crippen LogP contribution in [0.3, 0.4) is 0 Å². The van der Waals surface area contributed by atoms with Crippen LogP contribution in [0.15, 0.2) is 48.5 Å². The van der Waals surface area contributed by atoms with Crippen molar-refractivity contribution >= 4 is 0 Å². The standard InChI is InChI=1S/C15H15FO2/c1-11-9-12(16)7-8-14(11)15(17)10-18-13-5-3-2-4-6-13/h2-9,15,17H,10H2,1H3. The molecular formula is C15H15FO2. The second-order valence-corrected chi connectivity index (χ2v) is 4.14. The number of halogens is 1. The molecule has 2 nitrogen and oxygen atoms in total. The predicted molar refractivity (Wildman–Crippen MR) is 68.0 cm³/mol. The highest BCUT2D eigenvalue weighted by Gasteiger charge is 2.11. The van der Waals surface area contributed by atoms with Gasteiger partial charge in [-0.2, -0.15) is 0 Å². The summed E-state index contributed by atoms with van der Waals surface area (Å²) in [5.74, 6) is 0.406. The van der Waals surface area contributed by atoms with Crippen molar-refractivity contribution in [1.82, 2.24) is 0 Å². The quantitative estimate of drug-likeness (QED) is 0.897. The van der Waals surface area contributed by atoms with Crippen LogP contribution in [-0.4, -0.2) is 11.7 Å². The van der Waals surface area contributed by atoms with Crippen molar-refractivity contribution in [2.45, 2.75) is 13.0 Å². The minimum Gasteiger partial charge on any atom is -0.491 e. The van der Waals surface area contributed by atoms with E-state index in [1.54, 1.807) is 13.0 Å². The van der Waals surface area contributed by atoms with E-state index in [2.05, 4.69) is 0 Å². The molecular weight excluding hydrogens is 231 g/mol. The molecule has 0 aromatic heterocycles. The Hall–Kier alpha value is -1.87. The van der Waals surface area contributed by atoms with Crippen molar-refractivity contribution in [3.63, 3.8) is 0 Å². The number of rotatable bonds is 4. The Kier molecular flexibility index (Phi) is 3.95. The Morgan fingerprint density at radius 2 is 1.89 bits per heavy atom. The van der Waals surface area contributed by atoms with Crippen LogP contribution in [0.4, 0.5) is 4.39 Å². The molecule has 0 aliphatic rings. The van der Waals surface area contributed by atoms with Gasteiger partial charge in [0.25, 0.3) is 0 Å². The lowest BCUT2D eigenvalue weighted by Crippen LogP contribution is -2.11. The van der Waals surface area contributed by atoms with Gasteiger partial charge in [0.1, 0.15) is 24.3 Å². The van der Waals surface area contributed by atoms with Crippen molar-refractivity contribution in [3.8, 4) is 5.75 Å². The molecule has 0 aliphatic heterocycles. The Morgan fingerprint density at radius 3 is 2.56 bits per heavy atom. The van der Waals surface area contributed by atoms with E-state index in [4.69, 9.17) is 4.74 Å². The van der Waals surface area contributed by atoms with Gasteiger partial charge < -0.3 is 9.84 Å². The molecule has 2 aromatic rings. The smallest absolute Gasteiger partial charge is 0.123 e. The van der Waals surface area contributed by atoms with Crippen LogP contribution in [0.25, 0.3) is 0 Å². The van der Waals surface area contributed by atoms with Gasteiger partial charge in [-0.3, -0.25) is 0 Å². The van der Waals surface area contributed by atoms with Gasteiger partial charge in [-0.1, -0.05) is 24.3 Å². The number of benzene rings is 2. The van der Waals surface area contributed by atoms with E-state index < -0.39 is 6.10 Å². The molecule has 0 spiro atoms. The van der Waals surface area contributed by atoms with Gasteiger partial charge in [0.15, 0.2) is 0 Å². The lowest BCUT2D eigenvalue weighted by atomic mass is 10.0. The number of hydrogen-bond donors (Lipinski definition) is 1. The van der Waals surface area contributed by atoms with Gasteiger partial charge in [0.2, 0.25) is 0 Å². The molecule has 0 radical (unpaired) electrons. The summed E-state index contributed by atoms with van der Waals surface area (Å²) in [6.07, 6.45) is -0.759. The Morgan fingerprint density at radius 1 is 1.17 bits per heavy atom. The van der Waals surface area contributed by atoms with Crippen LogP contribution in [0.5, 0.6) is 5.75 Å². The second-order valence-electron chi connectivity index (χ2n) is 4.14. The van der Waals surface area contributed by atoms with Gasteiger partial charge in [-0.15, -0.1) is 0 Å². The third-order valence-electron chi connectivity index (χ3n) is 2.74. The lowest BCUT2D eigenvalue weighted by Gasteiger charge is -2.14. The molecule has 2 rings (SSSR count). The average Bonchev–Trinajstić information content (AvgIpc) is 2.37. The average molecular weight is 246 g/mol. The van der Waals surface area contributed by atoms with E-state index in [1.165, 1.54) is 12.1 Å². The fourth-order valence-electron chi connectivity index (χ4n) is 1.79. The molecule has 0 aliphatic carbocycles. The first-order valence-electron chi connectivity index (χ1n) is 5.79. The zero-order chi connectivity index (χ0) is 13.0. The monoisotopic (exact) mass is 246 g/mol. The van der Waals surface area contributed by atoms with Crippen molar-refractivity contribution in [3.05, 3.63) is 65.5 Å². The number of ether oxygens (including phenoxy) is 1. The first-order valence-corrected chi connectivity index (χ1v) is 5.79. The molecule has 1 unspecified atom stereocenters. The summed E-state index contributed by atoms with van der Waals surface area (Å²) >= 11 is 0. The third-order valence-corrected chi connectivity index (χ3v) is 2.74. The summed E-state index contributed by atoms with van der Waals surface area (Å²) in [6, 6.07) is 13.6. The van der Waals surface area contributed by atoms with Crippen LogP contribution >= 0.6 is 0 Å². The maximum absolute atomic E-state index is 12.9. The third kappa shape index (κ3) is 3.08. The summed E-state index contributed by atoms with van der Waals surface area (Å²) in [5.41, 5.74) is 1.41. The summed E-state index contributed by atoms with van der Waals surface area (Å²) < 4.78 is 18.4. The molecule has 3 heteroatoms. The summed E-state index contributed by atoms with van der Waals surface area (Å²) in [7, 11) is 0. The van der Waals surface area contributed by atoms with Crippen LogP contribution in [-0.2, 0) is 0 Å². The largest absolute Gasteiger partial charge is 0.491 e. The molecule has 0 bridgehead atoms. The highest BCUT2D eigenvalue weighted by molar-refractivity contribution is 5.29. The fraction of sp³-hybridized carbons (Fsp3) is 0.200. The highest BCUT2D eigenvalue weighted by atomic mass is 19.1. The molecule has 2 aromatic carbocycles. The maximum atomic E-state index is 12.9. The number of aryl methyl sites for hydroxylation is 1. The van der Waals surface area contributed by atoms with Crippen molar-refractivity contribution in [2.75, 3.05) is 6.61 Å². The van der Waals surface area contributed by atoms with E-state index in [0.29, 0.717) is 11.3 Å². The summed E-state index contributed by atoms with van der Waals surface area (Å²) in [5, 5.41) is 10.0. The van der Waals surface area contributed by atoms with Gasteiger partial charge in [-0.25, -0.2) is 4.39 Å². The SMILES string of the molecule is Cc1cc(F)ccc1C(O)COc1ccccc1. The minimum absolute atomic E-state index is 0.149. The molecule has 0 fully saturated rings. The number of hydrogen-bond acceptors (Lipinski definition) is 2. The predicted octanol–water partition coefficient (Wildman–Crippen LogP) is 3.25. The zero-order valence-corrected chi connectivity index (χ0v) is 10.1. The van der Waals surface area contributed by atoms with Gasteiger partial charge in [0.05, 0.1) is 0 Å². The first kappa shape index (κ1) is 12.6. The van der Waals surface area contributed by atoms with E-state index in [-0.39, 0.29) is 12.4 Å². The second kappa shape index (κ2) is 5.65. The lowest BCUT2D eigenvalue weighted by molar-refractivity contribution is 0.107. The Balaban J connectivity index is 2.01. The summed E-state index contributed by atoms with van der Waals surface area (Å²) in [4.78, 5) is 0. The van der Waals surface area contributed by atoms with Crippen molar-refractivity contribution in [1.29, 1.82) is 0 Å². The molecule has 1 N–H and O–H groups in total. The minimum atomic E-state index is -0.759. The van der Waals surface area contributed by atoms with Crippen molar-refractivity contribution < 1.29 is 14.2 Å². The van der Waals surface area contributed by atoms with Crippen LogP contribution < -0.4 is 4.74 Å². The Labute approximate surface area is 106 Å². The normalized spacial score (nSPS) is 12.2. The summed E-state index contributed by atoms with van der Waals surface area (Å²) in [6.45, 7) is 1.92.